The molecule has 2 fully saturated rings. The molecule has 3 heterocycles. The molecule has 6 heteroatoms. The molecule has 0 amide bonds. The molecule has 0 bridgehead atoms. The number of hydrogen-bond acceptors (Lipinski definition) is 6. The van der Waals surface area contributed by atoms with E-state index in [-0.39, 0.29) is 17.9 Å². The van der Waals surface area contributed by atoms with Gasteiger partial charge in [-0.25, -0.2) is 4.79 Å². The zero-order valence-corrected chi connectivity index (χ0v) is 17.7. The predicted molar refractivity (Wildman–Crippen MR) is 112 cm³/mol. The average Bonchev–Trinajstić information content (AvgIpc) is 3.15. The van der Waals surface area contributed by atoms with E-state index < -0.39 is 0 Å². The summed E-state index contributed by atoms with van der Waals surface area (Å²) < 4.78 is 16.0. The van der Waals surface area contributed by atoms with Gasteiger partial charge in [0.15, 0.2) is 0 Å². The van der Waals surface area contributed by atoms with Crippen molar-refractivity contribution in [3.63, 3.8) is 0 Å². The molecule has 3 aliphatic rings. The molecule has 29 heavy (non-hydrogen) atoms. The van der Waals surface area contributed by atoms with Crippen molar-refractivity contribution >= 4 is 17.4 Å². The van der Waals surface area contributed by atoms with Crippen LogP contribution in [0, 0.1) is 11.8 Å². The molecule has 0 aliphatic carbocycles. The topological polar surface area (TPSA) is 60.4 Å². The fourth-order valence-corrected chi connectivity index (χ4v) is 5.44. The lowest BCUT2D eigenvalue weighted by atomic mass is 9.71. The van der Waals surface area contributed by atoms with Crippen LogP contribution in [0.15, 0.2) is 35.0 Å². The molecule has 0 saturated carbocycles. The second-order valence-electron chi connectivity index (χ2n) is 8.09. The first-order valence-corrected chi connectivity index (χ1v) is 10.4. The minimum atomic E-state index is -0.297. The molecular formula is C23H30N2O4. The van der Waals surface area contributed by atoms with Gasteiger partial charge in [-0.3, -0.25) is 9.89 Å². The van der Waals surface area contributed by atoms with Crippen molar-refractivity contribution in [1.29, 1.82) is 0 Å². The van der Waals surface area contributed by atoms with E-state index in [4.69, 9.17) is 19.2 Å². The summed E-state index contributed by atoms with van der Waals surface area (Å²) in [7, 11) is 4.74. The van der Waals surface area contributed by atoms with Crippen LogP contribution in [0.3, 0.4) is 0 Å². The van der Waals surface area contributed by atoms with Gasteiger partial charge in [-0.15, -0.1) is 0 Å². The second kappa shape index (κ2) is 8.19. The maximum atomic E-state index is 12.5. The van der Waals surface area contributed by atoms with Crippen molar-refractivity contribution in [3.8, 4) is 5.75 Å². The first kappa shape index (κ1) is 20.0. The summed E-state index contributed by atoms with van der Waals surface area (Å²) in [6.07, 6.45) is 4.50. The highest BCUT2D eigenvalue weighted by Crippen LogP contribution is 2.49. The number of carbonyl (C=O) groups is 1. The minimum Gasteiger partial charge on any atom is -0.504 e. The van der Waals surface area contributed by atoms with Crippen molar-refractivity contribution < 1.29 is 19.0 Å². The number of fused-ring (bicyclic) bond motifs is 5. The molecule has 4 atom stereocenters. The van der Waals surface area contributed by atoms with Gasteiger partial charge in [0, 0.05) is 29.8 Å². The number of piperidine rings is 2. The Bertz CT molecular complexity index is 847. The molecule has 156 valence electrons. The highest BCUT2D eigenvalue weighted by molar-refractivity contribution is 6.03. The molecule has 0 spiro atoms. The number of benzene rings is 1. The summed E-state index contributed by atoms with van der Waals surface area (Å²) in [4.78, 5) is 20.1. The number of hydrogen-bond donors (Lipinski definition) is 0. The Morgan fingerprint density at radius 3 is 2.83 bits per heavy atom. The third-order valence-electron chi connectivity index (χ3n) is 6.81. The lowest BCUT2D eigenvalue weighted by Crippen LogP contribution is -2.55. The van der Waals surface area contributed by atoms with Crippen molar-refractivity contribution in [2.75, 3.05) is 34.4 Å². The average molecular weight is 399 g/mol. The monoisotopic (exact) mass is 398 g/mol. The summed E-state index contributed by atoms with van der Waals surface area (Å²) >= 11 is 0. The maximum absolute atomic E-state index is 12.5. The molecule has 3 aliphatic heterocycles. The first-order chi connectivity index (χ1) is 14.1. The van der Waals surface area contributed by atoms with E-state index in [0.717, 1.165) is 43.8 Å². The van der Waals surface area contributed by atoms with E-state index in [2.05, 4.69) is 17.9 Å². The van der Waals surface area contributed by atoms with Crippen LogP contribution in [0.1, 0.15) is 37.7 Å². The van der Waals surface area contributed by atoms with Gasteiger partial charge in [0.1, 0.15) is 5.75 Å². The van der Waals surface area contributed by atoms with Crippen LogP contribution in [0.2, 0.25) is 0 Å². The Hall–Kier alpha value is -2.34. The van der Waals surface area contributed by atoms with Crippen molar-refractivity contribution in [2.24, 2.45) is 16.8 Å². The lowest BCUT2D eigenvalue weighted by Gasteiger charge is -2.48. The highest BCUT2D eigenvalue weighted by Gasteiger charge is 2.47. The quantitative estimate of drug-likeness (QED) is 0.430. The molecule has 1 aromatic rings. The van der Waals surface area contributed by atoms with Gasteiger partial charge in [-0.05, 0) is 43.4 Å². The van der Waals surface area contributed by atoms with Crippen LogP contribution in [0.5, 0.6) is 5.75 Å². The number of aliphatic imine (C=N–C) groups is 1. The van der Waals surface area contributed by atoms with E-state index in [1.54, 1.807) is 20.5 Å². The largest absolute Gasteiger partial charge is 0.504 e. The SMILES string of the molecule is CC[C@@H]1CN2CCC3C(=Nc4cccc(OC)c43)C2C[C@@H]1/C(=C\OC)C(=O)OC. The molecule has 0 N–H and O–H groups in total. The molecule has 2 unspecified atom stereocenters. The van der Waals surface area contributed by atoms with Crippen LogP contribution < -0.4 is 4.74 Å². The summed E-state index contributed by atoms with van der Waals surface area (Å²) in [5.41, 5.74) is 4.11. The third kappa shape index (κ3) is 3.33. The van der Waals surface area contributed by atoms with E-state index in [9.17, 15) is 4.79 Å². The first-order valence-electron chi connectivity index (χ1n) is 10.4. The van der Waals surface area contributed by atoms with Gasteiger partial charge in [-0.1, -0.05) is 19.4 Å². The van der Waals surface area contributed by atoms with Crippen LogP contribution in [-0.4, -0.2) is 57.0 Å². The van der Waals surface area contributed by atoms with E-state index in [1.807, 2.05) is 12.1 Å². The smallest absolute Gasteiger partial charge is 0.337 e. The maximum Gasteiger partial charge on any atom is 0.337 e. The van der Waals surface area contributed by atoms with Gasteiger partial charge in [0.2, 0.25) is 0 Å². The highest BCUT2D eigenvalue weighted by atomic mass is 16.5. The Morgan fingerprint density at radius 1 is 1.31 bits per heavy atom. The summed E-state index contributed by atoms with van der Waals surface area (Å²) in [6, 6.07) is 6.33. The number of nitrogens with zero attached hydrogens (tertiary/aromatic N) is 2. The van der Waals surface area contributed by atoms with E-state index >= 15 is 0 Å². The number of methoxy groups -OCH3 is 3. The zero-order chi connectivity index (χ0) is 20.5. The Labute approximate surface area is 172 Å². The van der Waals surface area contributed by atoms with Crippen LogP contribution >= 0.6 is 0 Å². The van der Waals surface area contributed by atoms with Crippen molar-refractivity contribution in [2.45, 2.75) is 38.1 Å². The molecule has 4 rings (SSSR count). The Balaban J connectivity index is 1.68. The summed E-state index contributed by atoms with van der Waals surface area (Å²) in [5, 5.41) is 0. The molecule has 0 radical (unpaired) electrons. The molecule has 0 aromatic heterocycles. The van der Waals surface area contributed by atoms with Gasteiger partial charge in [0.05, 0.1) is 38.9 Å². The second-order valence-corrected chi connectivity index (χ2v) is 8.09. The summed E-state index contributed by atoms with van der Waals surface area (Å²) in [6.45, 7) is 4.19. The van der Waals surface area contributed by atoms with Crippen LogP contribution in [0.4, 0.5) is 5.69 Å². The number of esters is 1. The fraction of sp³-hybridized carbons (Fsp3) is 0.565. The van der Waals surface area contributed by atoms with Gasteiger partial charge in [0.25, 0.3) is 0 Å². The number of ether oxygens (including phenoxy) is 3. The molecule has 1 aromatic carbocycles. The molecule has 2 saturated heterocycles. The fourth-order valence-electron chi connectivity index (χ4n) is 5.44. The molecular weight excluding hydrogens is 368 g/mol. The predicted octanol–water partition coefficient (Wildman–Crippen LogP) is 3.69. The Morgan fingerprint density at radius 2 is 2.14 bits per heavy atom. The van der Waals surface area contributed by atoms with Gasteiger partial charge < -0.3 is 14.2 Å². The lowest BCUT2D eigenvalue weighted by molar-refractivity contribution is -0.137. The normalized spacial score (nSPS) is 28.7. The minimum absolute atomic E-state index is 0.0979. The van der Waals surface area contributed by atoms with Crippen LogP contribution in [0.25, 0.3) is 0 Å². The van der Waals surface area contributed by atoms with Crippen molar-refractivity contribution in [1.82, 2.24) is 4.90 Å². The molecule has 6 nitrogen and oxygen atoms in total. The third-order valence-corrected chi connectivity index (χ3v) is 6.81. The van der Waals surface area contributed by atoms with E-state index in [0.29, 0.717) is 17.4 Å². The number of carbonyl (C=O) groups excluding carboxylic acids is 1. The zero-order valence-electron chi connectivity index (χ0n) is 17.7. The number of rotatable bonds is 5. The standard InChI is InChI=1S/C23H30N2O4/c1-5-14-12-25-10-9-15-21-18(7-6-8-20(21)28-3)24-22(15)19(25)11-16(14)17(13-27-2)23(26)29-4/h6-8,13-16,19H,5,9-12H2,1-4H3/b17-13+/t14-,15?,16+,19?/m1/s1. The van der Waals surface area contributed by atoms with Gasteiger partial charge >= 0.3 is 5.97 Å². The Kier molecular flexibility index (Phi) is 5.63. The van der Waals surface area contributed by atoms with Crippen LogP contribution in [-0.2, 0) is 14.3 Å². The van der Waals surface area contributed by atoms with Gasteiger partial charge in [-0.2, -0.15) is 0 Å². The van der Waals surface area contributed by atoms with Crippen molar-refractivity contribution in [3.05, 3.63) is 35.6 Å². The summed E-state index contributed by atoms with van der Waals surface area (Å²) in [5.74, 6) is 1.42. The van der Waals surface area contributed by atoms with E-state index in [1.165, 1.54) is 18.4 Å².